The Hall–Kier alpha value is -2.17. The van der Waals surface area contributed by atoms with E-state index in [0.717, 1.165) is 6.29 Å². The third-order valence-electron chi connectivity index (χ3n) is 3.88. The average Bonchev–Trinajstić information content (AvgIpc) is 2.76. The molecule has 1 aliphatic heterocycles. The van der Waals surface area contributed by atoms with Crippen LogP contribution in [0.5, 0.6) is 0 Å². The Morgan fingerprint density at radius 2 is 2.24 bits per heavy atom. The monoisotopic (exact) mass is 290 g/mol. The van der Waals surface area contributed by atoms with Gasteiger partial charge in [0.15, 0.2) is 0 Å². The molecule has 112 valence electrons. The molecule has 0 bridgehead atoms. The van der Waals surface area contributed by atoms with Crippen molar-refractivity contribution in [1.82, 2.24) is 0 Å². The zero-order chi connectivity index (χ0) is 15.4. The molecule has 0 radical (unpaired) electrons. The van der Waals surface area contributed by atoms with Crippen LogP contribution in [0.15, 0.2) is 35.5 Å². The Labute approximate surface area is 123 Å². The lowest BCUT2D eigenvalue weighted by molar-refractivity contribution is -0.138. The molecular formula is C16H18O5. The van der Waals surface area contributed by atoms with E-state index in [9.17, 15) is 14.4 Å². The lowest BCUT2D eigenvalue weighted by Gasteiger charge is -2.17. The number of fused-ring (bicyclic) bond motifs is 1. The summed E-state index contributed by atoms with van der Waals surface area (Å²) >= 11 is 0. The van der Waals surface area contributed by atoms with E-state index in [2.05, 4.69) is 6.58 Å². The zero-order valence-electron chi connectivity index (χ0n) is 12.0. The number of carbonyl (C=O) groups is 3. The van der Waals surface area contributed by atoms with Crippen molar-refractivity contribution in [2.45, 2.75) is 31.8 Å². The van der Waals surface area contributed by atoms with Gasteiger partial charge in [-0.3, -0.25) is 4.79 Å². The molecule has 5 heteroatoms. The molecule has 1 heterocycles. The van der Waals surface area contributed by atoms with Gasteiger partial charge in [-0.05, 0) is 37.3 Å². The quantitative estimate of drug-likeness (QED) is 0.441. The fourth-order valence-corrected chi connectivity index (χ4v) is 2.65. The van der Waals surface area contributed by atoms with Gasteiger partial charge in [-0.2, -0.15) is 0 Å². The highest BCUT2D eigenvalue weighted by atomic mass is 16.6. The molecular weight excluding hydrogens is 272 g/mol. The second kappa shape index (κ2) is 6.52. The number of hydrogen-bond acceptors (Lipinski definition) is 5. The first-order valence-corrected chi connectivity index (χ1v) is 6.89. The van der Waals surface area contributed by atoms with Crippen LogP contribution >= 0.6 is 0 Å². The van der Waals surface area contributed by atoms with Crippen molar-refractivity contribution in [3.05, 3.63) is 35.5 Å². The minimum absolute atomic E-state index is 0.210. The van der Waals surface area contributed by atoms with Gasteiger partial charge in [0.05, 0.1) is 7.11 Å². The van der Waals surface area contributed by atoms with Crippen LogP contribution in [-0.2, 0) is 23.9 Å². The number of ether oxygens (including phenoxy) is 2. The number of carbonyl (C=O) groups excluding carboxylic acids is 3. The van der Waals surface area contributed by atoms with E-state index in [1.54, 1.807) is 12.2 Å². The van der Waals surface area contributed by atoms with Gasteiger partial charge in [-0.25, -0.2) is 9.59 Å². The predicted molar refractivity (Wildman–Crippen MR) is 75.2 cm³/mol. The third kappa shape index (κ3) is 3.29. The predicted octanol–water partition coefficient (Wildman–Crippen LogP) is 1.88. The van der Waals surface area contributed by atoms with Crippen LogP contribution in [0.2, 0.25) is 0 Å². The fraction of sp³-hybridized carbons (Fsp3) is 0.438. The minimum atomic E-state index is -0.470. The van der Waals surface area contributed by atoms with E-state index < -0.39 is 12.1 Å². The second-order valence-corrected chi connectivity index (χ2v) is 5.16. The Morgan fingerprint density at radius 1 is 1.48 bits per heavy atom. The molecule has 0 amide bonds. The zero-order valence-corrected chi connectivity index (χ0v) is 12.0. The molecule has 0 saturated carbocycles. The molecule has 2 atom stereocenters. The summed E-state index contributed by atoms with van der Waals surface area (Å²) in [4.78, 5) is 34.5. The highest BCUT2D eigenvalue weighted by molar-refractivity contribution is 5.91. The van der Waals surface area contributed by atoms with Crippen LogP contribution in [0.1, 0.15) is 25.7 Å². The van der Waals surface area contributed by atoms with Crippen LogP contribution in [-0.4, -0.2) is 31.4 Å². The standard InChI is InChI=1S/C16H18O5/c1-10-13-7-6-12(16(19)20-2)5-3-4-11(9-17)8-14(13)21-15(10)18/h5,8-9,13-14H,1,3-4,6-7H2,2H3/b11-8+,12-5+/t13-,14+/m0/s1. The van der Waals surface area contributed by atoms with Crippen LogP contribution in [0.3, 0.4) is 0 Å². The van der Waals surface area contributed by atoms with Gasteiger partial charge in [0.25, 0.3) is 0 Å². The SMILES string of the molecule is C=C1C(=O)O[C@@H]2/C=C(/C=O)CC/C=C(/C(=O)OC)CC[C@@H]12. The van der Waals surface area contributed by atoms with Crippen LogP contribution in [0.25, 0.3) is 0 Å². The largest absolute Gasteiger partial charge is 0.466 e. The van der Waals surface area contributed by atoms with E-state index in [4.69, 9.17) is 9.47 Å². The summed E-state index contributed by atoms with van der Waals surface area (Å²) < 4.78 is 10.0. The normalized spacial score (nSPS) is 31.1. The van der Waals surface area contributed by atoms with Crippen LogP contribution in [0.4, 0.5) is 0 Å². The molecule has 0 aromatic rings. The summed E-state index contributed by atoms with van der Waals surface area (Å²) in [6, 6.07) is 0. The maximum Gasteiger partial charge on any atom is 0.334 e. The molecule has 0 N–H and O–H groups in total. The molecule has 0 unspecified atom stereocenters. The maximum absolute atomic E-state index is 11.7. The highest BCUT2D eigenvalue weighted by Gasteiger charge is 2.37. The van der Waals surface area contributed by atoms with E-state index >= 15 is 0 Å². The molecule has 1 aliphatic carbocycles. The van der Waals surface area contributed by atoms with Gasteiger partial charge in [-0.15, -0.1) is 0 Å². The molecule has 2 aliphatic rings. The lowest BCUT2D eigenvalue weighted by Crippen LogP contribution is -2.17. The second-order valence-electron chi connectivity index (χ2n) is 5.16. The van der Waals surface area contributed by atoms with Crippen molar-refractivity contribution in [3.8, 4) is 0 Å². The summed E-state index contributed by atoms with van der Waals surface area (Å²) in [6.45, 7) is 3.76. The van der Waals surface area contributed by atoms with Crippen LogP contribution in [0, 0.1) is 5.92 Å². The van der Waals surface area contributed by atoms with Gasteiger partial charge in [-0.1, -0.05) is 12.7 Å². The van der Waals surface area contributed by atoms with Crippen molar-refractivity contribution < 1.29 is 23.9 Å². The molecule has 21 heavy (non-hydrogen) atoms. The molecule has 1 saturated heterocycles. The fourth-order valence-electron chi connectivity index (χ4n) is 2.65. The third-order valence-corrected chi connectivity index (χ3v) is 3.88. The van der Waals surface area contributed by atoms with Gasteiger partial charge in [0, 0.05) is 17.1 Å². The molecule has 0 aromatic heterocycles. The molecule has 0 aromatic carbocycles. The number of hydrogen-bond donors (Lipinski definition) is 0. The number of rotatable bonds is 2. The van der Waals surface area contributed by atoms with E-state index in [1.165, 1.54) is 7.11 Å². The Bertz CT molecular complexity index is 541. The average molecular weight is 290 g/mol. The van der Waals surface area contributed by atoms with Crippen molar-refractivity contribution in [1.29, 1.82) is 0 Å². The van der Waals surface area contributed by atoms with Gasteiger partial charge in [0.1, 0.15) is 12.4 Å². The van der Waals surface area contributed by atoms with E-state index in [0.29, 0.717) is 42.4 Å². The summed E-state index contributed by atoms with van der Waals surface area (Å²) in [6.07, 6.45) is 5.90. The molecule has 0 spiro atoms. The summed E-state index contributed by atoms with van der Waals surface area (Å²) in [5.41, 5.74) is 1.52. The Kier molecular flexibility index (Phi) is 4.73. The van der Waals surface area contributed by atoms with Gasteiger partial charge >= 0.3 is 11.9 Å². The maximum atomic E-state index is 11.7. The lowest BCUT2D eigenvalue weighted by atomic mass is 9.88. The molecule has 5 nitrogen and oxygen atoms in total. The first-order chi connectivity index (χ1) is 10.1. The van der Waals surface area contributed by atoms with Crippen molar-refractivity contribution >= 4 is 18.2 Å². The number of esters is 2. The van der Waals surface area contributed by atoms with Gasteiger partial charge in [0.2, 0.25) is 0 Å². The molecule has 2 rings (SSSR count). The van der Waals surface area contributed by atoms with Crippen molar-refractivity contribution in [2.75, 3.05) is 7.11 Å². The topological polar surface area (TPSA) is 69.7 Å². The number of methoxy groups -OCH3 is 1. The van der Waals surface area contributed by atoms with E-state index in [-0.39, 0.29) is 11.9 Å². The minimum Gasteiger partial charge on any atom is -0.466 e. The van der Waals surface area contributed by atoms with Crippen molar-refractivity contribution in [3.63, 3.8) is 0 Å². The first-order valence-electron chi connectivity index (χ1n) is 6.89. The Balaban J connectivity index is 2.29. The van der Waals surface area contributed by atoms with Crippen molar-refractivity contribution in [2.24, 2.45) is 5.92 Å². The summed E-state index contributed by atoms with van der Waals surface area (Å²) in [7, 11) is 1.34. The highest BCUT2D eigenvalue weighted by Crippen LogP contribution is 2.34. The van der Waals surface area contributed by atoms with Crippen LogP contribution < -0.4 is 0 Å². The molecule has 1 fully saturated rings. The Morgan fingerprint density at radius 3 is 2.90 bits per heavy atom. The number of aldehydes is 1. The van der Waals surface area contributed by atoms with E-state index in [1.807, 2.05) is 0 Å². The summed E-state index contributed by atoms with van der Waals surface area (Å²) in [5.74, 6) is -1.02. The van der Waals surface area contributed by atoms with Gasteiger partial charge < -0.3 is 9.47 Å². The summed E-state index contributed by atoms with van der Waals surface area (Å²) in [5, 5.41) is 0. The first kappa shape index (κ1) is 15.2. The number of allylic oxidation sites excluding steroid dienone is 2. The smallest absolute Gasteiger partial charge is 0.334 e.